The lowest BCUT2D eigenvalue weighted by atomic mass is 10.2. The van der Waals surface area contributed by atoms with Crippen LogP contribution in [0.3, 0.4) is 0 Å². The first kappa shape index (κ1) is 11.8. The van der Waals surface area contributed by atoms with Crippen LogP contribution in [0.5, 0.6) is 0 Å². The average molecular weight is 234 g/mol. The van der Waals surface area contributed by atoms with E-state index in [2.05, 4.69) is 34.4 Å². The Balaban J connectivity index is 2.01. The van der Waals surface area contributed by atoms with Crippen molar-refractivity contribution in [2.75, 3.05) is 11.9 Å². The molecule has 5 nitrogen and oxygen atoms in total. The first-order valence-electron chi connectivity index (χ1n) is 5.89. The van der Waals surface area contributed by atoms with E-state index in [0.717, 1.165) is 13.0 Å². The van der Waals surface area contributed by atoms with E-state index < -0.39 is 0 Å². The van der Waals surface area contributed by atoms with E-state index in [-0.39, 0.29) is 17.4 Å². The number of hydrogen-bond donors (Lipinski definition) is 2. The van der Waals surface area contributed by atoms with Gasteiger partial charge in [-0.25, -0.2) is 4.98 Å². The van der Waals surface area contributed by atoms with E-state index >= 15 is 0 Å². The maximum absolute atomic E-state index is 11.9. The third-order valence-electron chi connectivity index (χ3n) is 3.04. The fourth-order valence-electron chi connectivity index (χ4n) is 1.69. The van der Waals surface area contributed by atoms with Crippen LogP contribution in [0.15, 0.2) is 12.4 Å². The molecular formula is C12H18N4O. The molecular weight excluding hydrogens is 216 g/mol. The smallest absolute Gasteiger partial charge is 0.271 e. The number of rotatable bonds is 4. The van der Waals surface area contributed by atoms with E-state index in [9.17, 15) is 4.79 Å². The van der Waals surface area contributed by atoms with Gasteiger partial charge in [0.05, 0.1) is 12.4 Å². The molecule has 0 aromatic carbocycles. The number of nitrogens with zero attached hydrogens (tertiary/aromatic N) is 2. The lowest BCUT2D eigenvalue weighted by Crippen LogP contribution is -2.29. The van der Waals surface area contributed by atoms with Crippen LogP contribution in [0.2, 0.25) is 0 Å². The molecule has 1 aliphatic carbocycles. The Morgan fingerprint density at radius 1 is 1.53 bits per heavy atom. The van der Waals surface area contributed by atoms with Gasteiger partial charge in [0.15, 0.2) is 0 Å². The Morgan fingerprint density at radius 2 is 2.24 bits per heavy atom. The van der Waals surface area contributed by atoms with E-state index in [1.54, 1.807) is 6.20 Å². The van der Waals surface area contributed by atoms with E-state index in [0.29, 0.717) is 11.5 Å². The van der Waals surface area contributed by atoms with Gasteiger partial charge in [-0.2, -0.15) is 0 Å². The highest BCUT2D eigenvalue weighted by atomic mass is 16.2. The van der Waals surface area contributed by atoms with Crippen molar-refractivity contribution in [2.24, 2.45) is 5.41 Å². The predicted octanol–water partition coefficient (Wildman–Crippen LogP) is 1.44. The summed E-state index contributed by atoms with van der Waals surface area (Å²) in [4.78, 5) is 20.1. The number of carbonyl (C=O) groups excluding carboxylic acids is 1. The molecule has 5 heteroatoms. The largest absolute Gasteiger partial charge is 0.369 e. The third-order valence-corrected chi connectivity index (χ3v) is 3.04. The molecule has 2 N–H and O–H groups in total. The number of aromatic nitrogens is 2. The molecule has 17 heavy (non-hydrogen) atoms. The summed E-state index contributed by atoms with van der Waals surface area (Å²) in [5.74, 6) is 0.489. The maximum Gasteiger partial charge on any atom is 0.271 e. The minimum absolute atomic E-state index is 0.146. The molecule has 0 aliphatic heterocycles. The zero-order valence-corrected chi connectivity index (χ0v) is 10.4. The summed E-state index contributed by atoms with van der Waals surface area (Å²) < 4.78 is 0. The van der Waals surface area contributed by atoms with Gasteiger partial charge in [0, 0.05) is 12.6 Å². The normalized spacial score (nSPS) is 20.8. The first-order chi connectivity index (χ1) is 8.03. The molecule has 1 saturated carbocycles. The van der Waals surface area contributed by atoms with Crippen LogP contribution in [0.4, 0.5) is 5.82 Å². The number of amides is 1. The first-order valence-corrected chi connectivity index (χ1v) is 5.89. The Kier molecular flexibility index (Phi) is 3.00. The Morgan fingerprint density at radius 3 is 2.82 bits per heavy atom. The quantitative estimate of drug-likeness (QED) is 0.827. The Bertz CT molecular complexity index is 430. The Labute approximate surface area is 101 Å². The highest BCUT2D eigenvalue weighted by Crippen LogP contribution is 2.44. The fraction of sp³-hybridized carbons (Fsp3) is 0.583. The van der Waals surface area contributed by atoms with Crippen molar-refractivity contribution < 1.29 is 4.79 Å². The molecule has 1 aromatic heterocycles. The number of anilines is 1. The van der Waals surface area contributed by atoms with E-state index in [4.69, 9.17) is 0 Å². The van der Waals surface area contributed by atoms with E-state index in [1.165, 1.54) is 6.20 Å². The second-order valence-corrected chi connectivity index (χ2v) is 5.04. The predicted molar refractivity (Wildman–Crippen MR) is 65.8 cm³/mol. The second-order valence-electron chi connectivity index (χ2n) is 5.04. The minimum atomic E-state index is -0.146. The fourth-order valence-corrected chi connectivity index (χ4v) is 1.69. The molecule has 1 heterocycles. The molecule has 1 fully saturated rings. The SMILES string of the molecule is CCNc1cncc(C(=O)NC2CC2(C)C)n1. The van der Waals surface area contributed by atoms with Crippen molar-refractivity contribution in [2.45, 2.75) is 33.2 Å². The Hall–Kier alpha value is -1.65. The van der Waals surface area contributed by atoms with Gasteiger partial charge in [0.2, 0.25) is 0 Å². The summed E-state index contributed by atoms with van der Waals surface area (Å²) in [7, 11) is 0. The molecule has 1 atom stereocenters. The summed E-state index contributed by atoms with van der Waals surface area (Å²) in [5, 5.41) is 5.99. The summed E-state index contributed by atoms with van der Waals surface area (Å²) in [6.45, 7) is 7.01. The minimum Gasteiger partial charge on any atom is -0.369 e. The van der Waals surface area contributed by atoms with Crippen LogP contribution in [-0.4, -0.2) is 28.5 Å². The van der Waals surface area contributed by atoms with Crippen molar-refractivity contribution in [3.05, 3.63) is 18.1 Å². The highest BCUT2D eigenvalue weighted by Gasteiger charge is 2.46. The summed E-state index contributed by atoms with van der Waals surface area (Å²) >= 11 is 0. The van der Waals surface area contributed by atoms with Crippen LogP contribution in [0, 0.1) is 5.41 Å². The number of nitrogens with one attached hydrogen (secondary N) is 2. The summed E-state index contributed by atoms with van der Waals surface area (Å²) in [6.07, 6.45) is 4.13. The summed E-state index contributed by atoms with van der Waals surface area (Å²) in [6, 6.07) is 0.264. The molecule has 0 spiro atoms. The van der Waals surface area contributed by atoms with Crippen molar-refractivity contribution in [3.8, 4) is 0 Å². The molecule has 1 aromatic rings. The third kappa shape index (κ3) is 2.72. The molecule has 1 aliphatic rings. The van der Waals surface area contributed by atoms with Crippen molar-refractivity contribution in [1.29, 1.82) is 0 Å². The zero-order chi connectivity index (χ0) is 12.5. The topological polar surface area (TPSA) is 66.9 Å². The molecule has 0 radical (unpaired) electrons. The van der Waals surface area contributed by atoms with Gasteiger partial charge in [-0.05, 0) is 18.8 Å². The standard InChI is InChI=1S/C12H18N4O/c1-4-14-10-7-13-6-8(15-10)11(17)16-9-5-12(9,2)3/h6-7,9H,4-5H2,1-3H3,(H,14,15)(H,16,17). The highest BCUT2D eigenvalue weighted by molar-refractivity contribution is 5.92. The number of hydrogen-bond acceptors (Lipinski definition) is 4. The lowest BCUT2D eigenvalue weighted by Gasteiger charge is -2.07. The number of carbonyl (C=O) groups is 1. The molecule has 1 unspecified atom stereocenters. The monoisotopic (exact) mass is 234 g/mol. The summed E-state index contributed by atoms with van der Waals surface area (Å²) in [5.41, 5.74) is 0.591. The van der Waals surface area contributed by atoms with Crippen LogP contribution < -0.4 is 10.6 Å². The molecule has 1 amide bonds. The van der Waals surface area contributed by atoms with E-state index in [1.807, 2.05) is 6.92 Å². The van der Waals surface area contributed by atoms with Crippen LogP contribution in [-0.2, 0) is 0 Å². The molecule has 0 saturated heterocycles. The maximum atomic E-state index is 11.9. The molecule has 0 bridgehead atoms. The van der Waals surface area contributed by atoms with Crippen molar-refractivity contribution in [3.63, 3.8) is 0 Å². The van der Waals surface area contributed by atoms with Gasteiger partial charge in [-0.15, -0.1) is 0 Å². The second kappa shape index (κ2) is 4.31. The zero-order valence-electron chi connectivity index (χ0n) is 10.4. The van der Waals surface area contributed by atoms with Crippen LogP contribution in [0.1, 0.15) is 37.7 Å². The van der Waals surface area contributed by atoms with Gasteiger partial charge in [0.25, 0.3) is 5.91 Å². The van der Waals surface area contributed by atoms with Crippen LogP contribution >= 0.6 is 0 Å². The van der Waals surface area contributed by atoms with Crippen molar-refractivity contribution in [1.82, 2.24) is 15.3 Å². The van der Waals surface area contributed by atoms with Crippen molar-refractivity contribution >= 4 is 11.7 Å². The average Bonchev–Trinajstić information content (AvgIpc) is 2.87. The van der Waals surface area contributed by atoms with Gasteiger partial charge >= 0.3 is 0 Å². The van der Waals surface area contributed by atoms with Gasteiger partial charge in [-0.1, -0.05) is 13.8 Å². The molecule has 92 valence electrons. The molecule has 2 rings (SSSR count). The lowest BCUT2D eigenvalue weighted by molar-refractivity contribution is 0.0941. The van der Waals surface area contributed by atoms with Gasteiger partial charge in [-0.3, -0.25) is 9.78 Å². The van der Waals surface area contributed by atoms with Gasteiger partial charge in [0.1, 0.15) is 11.5 Å². The van der Waals surface area contributed by atoms with Gasteiger partial charge < -0.3 is 10.6 Å². The van der Waals surface area contributed by atoms with Crippen LogP contribution in [0.25, 0.3) is 0 Å².